The van der Waals surface area contributed by atoms with Crippen LogP contribution in [0.2, 0.25) is 0 Å². The highest BCUT2D eigenvalue weighted by Crippen LogP contribution is 2.47. The lowest BCUT2D eigenvalue weighted by Crippen LogP contribution is -2.32. The number of rotatable bonds is 5. The van der Waals surface area contributed by atoms with E-state index in [9.17, 15) is 0 Å². The molecule has 4 nitrogen and oxygen atoms in total. The molecule has 2 aliphatic carbocycles. The average molecular weight is 585 g/mol. The number of hydrogen-bond acceptors (Lipinski definition) is 4. The van der Waals surface area contributed by atoms with Gasteiger partial charge in [0.15, 0.2) is 13.5 Å². The first kappa shape index (κ1) is 27.6. The molecule has 0 bridgehead atoms. The quantitative estimate of drug-likeness (QED) is 0.233. The molecule has 8 rings (SSSR count). The second-order valence-electron chi connectivity index (χ2n) is 13.5. The lowest BCUT2D eigenvalue weighted by atomic mass is 9.74. The summed E-state index contributed by atoms with van der Waals surface area (Å²) in [7, 11) is 0. The Kier molecular flexibility index (Phi) is 7.67. The molecule has 0 unspecified atom stereocenters. The van der Waals surface area contributed by atoms with Crippen LogP contribution in [0.4, 0.5) is 11.4 Å². The van der Waals surface area contributed by atoms with E-state index in [1.54, 1.807) is 5.56 Å². The van der Waals surface area contributed by atoms with Crippen LogP contribution in [-0.2, 0) is 13.1 Å². The molecule has 0 spiro atoms. The smallest absolute Gasteiger partial charge is 0.161 e. The molecule has 4 aromatic rings. The van der Waals surface area contributed by atoms with Crippen molar-refractivity contribution < 1.29 is 9.47 Å². The van der Waals surface area contributed by atoms with Crippen molar-refractivity contribution in [3.63, 3.8) is 0 Å². The highest BCUT2D eigenvalue weighted by atomic mass is 16.5. The molecular weight excluding hydrogens is 540 g/mol. The first-order chi connectivity index (χ1) is 21.8. The summed E-state index contributed by atoms with van der Waals surface area (Å²) in [6.45, 7) is 3.08. The SMILES string of the molecule is c1ccc(N2COc3ccc(C4CCC(c5cc6c(c(C7CCCCC7)c5)OCN(c5ccccc5)C6)CC4)cc3C2)cc1. The fourth-order valence-corrected chi connectivity index (χ4v) is 8.26. The third kappa shape index (κ3) is 5.56. The maximum atomic E-state index is 6.59. The number of hydrogen-bond donors (Lipinski definition) is 0. The van der Waals surface area contributed by atoms with E-state index in [0.717, 1.165) is 18.8 Å². The summed E-state index contributed by atoms with van der Waals surface area (Å²) in [6.07, 6.45) is 11.7. The Bertz CT molecular complexity index is 1570. The van der Waals surface area contributed by atoms with Crippen LogP contribution < -0.4 is 19.3 Å². The van der Waals surface area contributed by atoms with Gasteiger partial charge in [0.1, 0.15) is 11.5 Å². The van der Waals surface area contributed by atoms with Crippen LogP contribution in [0.15, 0.2) is 91.0 Å². The zero-order valence-corrected chi connectivity index (χ0v) is 25.8. The van der Waals surface area contributed by atoms with Gasteiger partial charge in [-0.05, 0) is 103 Å². The van der Waals surface area contributed by atoms with Crippen molar-refractivity contribution in [2.24, 2.45) is 0 Å². The van der Waals surface area contributed by atoms with E-state index in [-0.39, 0.29) is 0 Å². The summed E-state index contributed by atoms with van der Waals surface area (Å²) in [6, 6.07) is 33.4. The van der Waals surface area contributed by atoms with Crippen molar-refractivity contribution in [2.75, 3.05) is 23.3 Å². The Morgan fingerprint density at radius 1 is 0.500 bits per heavy atom. The molecule has 4 aromatic carbocycles. The van der Waals surface area contributed by atoms with Crippen molar-refractivity contribution in [1.29, 1.82) is 0 Å². The number of anilines is 2. The van der Waals surface area contributed by atoms with E-state index in [0.29, 0.717) is 31.2 Å². The van der Waals surface area contributed by atoms with Crippen molar-refractivity contribution in [3.8, 4) is 11.5 Å². The second kappa shape index (κ2) is 12.2. The van der Waals surface area contributed by atoms with Crippen LogP contribution in [0, 0.1) is 0 Å². The molecular formula is C40H44N2O2. The van der Waals surface area contributed by atoms with Crippen molar-refractivity contribution in [2.45, 2.75) is 88.6 Å². The molecule has 0 aromatic heterocycles. The highest BCUT2D eigenvalue weighted by Gasteiger charge is 2.30. The largest absolute Gasteiger partial charge is 0.473 e. The van der Waals surface area contributed by atoms with Gasteiger partial charge in [0.2, 0.25) is 0 Å². The van der Waals surface area contributed by atoms with E-state index in [1.165, 1.54) is 97.2 Å². The van der Waals surface area contributed by atoms with Crippen LogP contribution in [-0.4, -0.2) is 13.5 Å². The van der Waals surface area contributed by atoms with E-state index in [4.69, 9.17) is 9.47 Å². The maximum absolute atomic E-state index is 6.59. The molecule has 0 atom stereocenters. The first-order valence-corrected chi connectivity index (χ1v) is 16.9. The first-order valence-electron chi connectivity index (χ1n) is 16.9. The minimum absolute atomic E-state index is 0.610. The normalized spacial score (nSPS) is 22.0. The van der Waals surface area contributed by atoms with Crippen LogP contribution in [0.25, 0.3) is 0 Å². The molecule has 226 valence electrons. The van der Waals surface area contributed by atoms with Crippen LogP contribution in [0.5, 0.6) is 11.5 Å². The van der Waals surface area contributed by atoms with Gasteiger partial charge in [-0.15, -0.1) is 0 Å². The van der Waals surface area contributed by atoms with Gasteiger partial charge < -0.3 is 19.3 Å². The van der Waals surface area contributed by atoms with Gasteiger partial charge in [0, 0.05) is 35.6 Å². The Morgan fingerprint density at radius 3 is 1.77 bits per heavy atom. The molecule has 2 fully saturated rings. The highest BCUT2D eigenvalue weighted by molar-refractivity contribution is 5.55. The summed E-state index contributed by atoms with van der Waals surface area (Å²) in [4.78, 5) is 4.71. The molecule has 44 heavy (non-hydrogen) atoms. The van der Waals surface area contributed by atoms with Crippen molar-refractivity contribution in [1.82, 2.24) is 0 Å². The molecule has 0 amide bonds. The fourth-order valence-electron chi connectivity index (χ4n) is 8.26. The van der Waals surface area contributed by atoms with Gasteiger partial charge >= 0.3 is 0 Å². The van der Waals surface area contributed by atoms with Crippen LogP contribution in [0.3, 0.4) is 0 Å². The van der Waals surface area contributed by atoms with Crippen LogP contribution >= 0.6 is 0 Å². The Hall–Kier alpha value is -3.92. The number of fused-ring (bicyclic) bond motifs is 2. The van der Waals surface area contributed by atoms with Gasteiger partial charge in [-0.1, -0.05) is 79.9 Å². The molecule has 4 aliphatic rings. The van der Waals surface area contributed by atoms with Crippen molar-refractivity contribution in [3.05, 3.63) is 119 Å². The lowest BCUT2D eigenvalue weighted by molar-refractivity contribution is 0.280. The Morgan fingerprint density at radius 2 is 1.09 bits per heavy atom. The monoisotopic (exact) mass is 584 g/mol. The maximum Gasteiger partial charge on any atom is 0.161 e. The number of ether oxygens (including phenoxy) is 2. The minimum atomic E-state index is 0.610. The van der Waals surface area contributed by atoms with Gasteiger partial charge in [0.25, 0.3) is 0 Å². The molecule has 2 saturated carbocycles. The van der Waals surface area contributed by atoms with Crippen LogP contribution in [0.1, 0.15) is 103 Å². The molecule has 4 heteroatoms. The standard InChI is InChI=1S/C40H44N2O2/c1-4-10-31(11-5-1)38-24-33(23-35-26-42(28-44-40(35)38)37-14-8-3-9-15-37)30-18-16-29(17-19-30)32-20-21-39-34(22-32)25-41(27-43-39)36-12-6-2-7-13-36/h2-3,6-9,12-15,20-24,29-31H,1,4-5,10-11,16-19,25-28H2. The molecule has 0 N–H and O–H groups in total. The average Bonchev–Trinajstić information content (AvgIpc) is 3.11. The summed E-state index contributed by atoms with van der Waals surface area (Å²) in [5.41, 5.74) is 9.71. The van der Waals surface area contributed by atoms with E-state index in [1.807, 2.05) is 0 Å². The van der Waals surface area contributed by atoms with E-state index < -0.39 is 0 Å². The molecule has 0 radical (unpaired) electrons. The zero-order chi connectivity index (χ0) is 29.3. The fraction of sp³-hybridized carbons (Fsp3) is 0.400. The van der Waals surface area contributed by atoms with E-state index in [2.05, 4.69) is 101 Å². The number of para-hydroxylation sites is 2. The summed E-state index contributed by atoms with van der Waals surface area (Å²) in [5, 5.41) is 0. The minimum Gasteiger partial charge on any atom is -0.473 e. The van der Waals surface area contributed by atoms with Gasteiger partial charge in [-0.3, -0.25) is 0 Å². The predicted octanol–water partition coefficient (Wildman–Crippen LogP) is 9.89. The van der Waals surface area contributed by atoms with Gasteiger partial charge in [-0.2, -0.15) is 0 Å². The number of benzene rings is 4. The third-order valence-electron chi connectivity index (χ3n) is 10.7. The summed E-state index contributed by atoms with van der Waals surface area (Å²) < 4.78 is 12.7. The molecule has 2 heterocycles. The predicted molar refractivity (Wildman–Crippen MR) is 179 cm³/mol. The Balaban J connectivity index is 1.01. The molecule has 0 saturated heterocycles. The van der Waals surface area contributed by atoms with E-state index >= 15 is 0 Å². The lowest BCUT2D eigenvalue weighted by Gasteiger charge is -2.36. The van der Waals surface area contributed by atoms with Gasteiger partial charge in [-0.25, -0.2) is 0 Å². The van der Waals surface area contributed by atoms with Gasteiger partial charge in [0.05, 0.1) is 0 Å². The third-order valence-corrected chi connectivity index (χ3v) is 10.7. The second-order valence-corrected chi connectivity index (χ2v) is 13.5. The zero-order valence-electron chi connectivity index (χ0n) is 25.8. The topological polar surface area (TPSA) is 24.9 Å². The molecule has 2 aliphatic heterocycles. The summed E-state index contributed by atoms with van der Waals surface area (Å²) in [5.74, 6) is 4.13. The van der Waals surface area contributed by atoms with Crippen molar-refractivity contribution >= 4 is 11.4 Å². The summed E-state index contributed by atoms with van der Waals surface area (Å²) >= 11 is 0. The number of nitrogens with zero attached hydrogens (tertiary/aromatic N) is 2. The Labute approximate surface area is 262 Å².